The Morgan fingerprint density at radius 3 is 2.74 bits per heavy atom. The van der Waals surface area contributed by atoms with Gasteiger partial charge in [-0.1, -0.05) is 35.0 Å². The maximum atomic E-state index is 12.3. The lowest BCUT2D eigenvalue weighted by Gasteiger charge is -2.09. The van der Waals surface area contributed by atoms with E-state index in [-0.39, 0.29) is 11.0 Å². The Labute approximate surface area is 129 Å². The van der Waals surface area contributed by atoms with Gasteiger partial charge in [0, 0.05) is 10.6 Å². The van der Waals surface area contributed by atoms with Gasteiger partial charge in [-0.25, -0.2) is 4.98 Å². The maximum Gasteiger partial charge on any atom is 0.177 e. The van der Waals surface area contributed by atoms with E-state index < -0.39 is 0 Å². The van der Waals surface area contributed by atoms with E-state index in [0.29, 0.717) is 15.6 Å². The average Bonchev–Trinajstić information content (AvgIpc) is 2.74. The number of hydrogen-bond donors (Lipinski definition) is 0. The van der Waals surface area contributed by atoms with Gasteiger partial charge in [0.2, 0.25) is 0 Å². The van der Waals surface area contributed by atoms with Crippen LogP contribution in [0.5, 0.6) is 0 Å². The minimum atomic E-state index is -0.272. The molecule has 0 spiro atoms. The number of hydrogen-bond acceptors (Lipinski definition) is 5. The van der Waals surface area contributed by atoms with E-state index in [1.165, 1.54) is 23.3 Å². The van der Waals surface area contributed by atoms with E-state index in [9.17, 15) is 4.79 Å². The average molecular weight is 333 g/mol. The standard InChI is InChI=1S/C12H10Cl2N2OS2/c1-6(18-12-15-7(2)16-19-12)11(17)9-4-3-8(13)5-10(9)14/h3-6H,1-2H3. The molecule has 1 unspecified atom stereocenters. The van der Waals surface area contributed by atoms with Gasteiger partial charge in [-0.3, -0.25) is 4.79 Å². The fourth-order valence-corrected chi connectivity index (χ4v) is 3.80. The van der Waals surface area contributed by atoms with Crippen LogP contribution < -0.4 is 0 Å². The first-order valence-electron chi connectivity index (χ1n) is 5.43. The Bertz CT molecular complexity index is 616. The number of Topliss-reactive ketones (excluding diaryl/α,β-unsaturated/α-hetero) is 1. The summed E-state index contributed by atoms with van der Waals surface area (Å²) in [5, 5.41) is 0.617. The minimum absolute atomic E-state index is 0.0421. The van der Waals surface area contributed by atoms with Crippen LogP contribution in [0, 0.1) is 6.92 Å². The van der Waals surface area contributed by atoms with Gasteiger partial charge in [0.15, 0.2) is 10.1 Å². The third kappa shape index (κ3) is 3.69. The molecule has 0 saturated carbocycles. The molecule has 7 heteroatoms. The molecule has 19 heavy (non-hydrogen) atoms. The van der Waals surface area contributed by atoms with Crippen LogP contribution in [0.2, 0.25) is 10.0 Å². The molecule has 2 aromatic rings. The number of benzene rings is 1. The monoisotopic (exact) mass is 332 g/mol. The molecule has 0 bridgehead atoms. The van der Waals surface area contributed by atoms with E-state index in [1.54, 1.807) is 18.2 Å². The molecule has 0 radical (unpaired) electrons. The van der Waals surface area contributed by atoms with Gasteiger partial charge in [-0.15, -0.1) is 0 Å². The molecule has 2 rings (SSSR count). The highest BCUT2D eigenvalue weighted by atomic mass is 35.5. The van der Waals surface area contributed by atoms with Crippen molar-refractivity contribution in [2.24, 2.45) is 0 Å². The largest absolute Gasteiger partial charge is 0.293 e. The van der Waals surface area contributed by atoms with Gasteiger partial charge >= 0.3 is 0 Å². The lowest BCUT2D eigenvalue weighted by Crippen LogP contribution is -2.13. The van der Waals surface area contributed by atoms with Crippen molar-refractivity contribution < 1.29 is 4.79 Å². The minimum Gasteiger partial charge on any atom is -0.293 e. The molecule has 0 N–H and O–H groups in total. The first kappa shape index (κ1) is 14.8. The van der Waals surface area contributed by atoms with Crippen LogP contribution in [0.15, 0.2) is 22.5 Å². The fraction of sp³-hybridized carbons (Fsp3) is 0.250. The summed E-state index contributed by atoms with van der Waals surface area (Å²) in [6, 6.07) is 4.88. The van der Waals surface area contributed by atoms with Crippen molar-refractivity contribution in [2.45, 2.75) is 23.4 Å². The third-order valence-corrected chi connectivity index (χ3v) is 4.88. The van der Waals surface area contributed by atoms with Crippen LogP contribution in [0.25, 0.3) is 0 Å². The molecule has 0 fully saturated rings. The van der Waals surface area contributed by atoms with Gasteiger partial charge in [0.05, 0.1) is 10.3 Å². The smallest absolute Gasteiger partial charge is 0.177 e. The Balaban J connectivity index is 2.14. The highest BCUT2D eigenvalue weighted by Gasteiger charge is 2.20. The number of carbonyl (C=O) groups is 1. The number of aromatic nitrogens is 2. The lowest BCUT2D eigenvalue weighted by molar-refractivity contribution is 0.0994. The number of ketones is 1. The summed E-state index contributed by atoms with van der Waals surface area (Å²) in [6.45, 7) is 3.65. The van der Waals surface area contributed by atoms with E-state index in [0.717, 1.165) is 10.2 Å². The van der Waals surface area contributed by atoms with Gasteiger partial charge in [0.1, 0.15) is 5.82 Å². The van der Waals surface area contributed by atoms with Crippen molar-refractivity contribution in [2.75, 3.05) is 0 Å². The number of aryl methyl sites for hydroxylation is 1. The Morgan fingerprint density at radius 1 is 1.42 bits per heavy atom. The molecule has 0 aliphatic rings. The first-order valence-corrected chi connectivity index (χ1v) is 7.84. The molecule has 0 aliphatic carbocycles. The predicted molar refractivity (Wildman–Crippen MR) is 80.8 cm³/mol. The van der Waals surface area contributed by atoms with E-state index >= 15 is 0 Å². The molecule has 0 saturated heterocycles. The summed E-state index contributed by atoms with van der Waals surface area (Å²) < 4.78 is 4.87. The molecule has 1 atom stereocenters. The van der Waals surface area contributed by atoms with Crippen molar-refractivity contribution in [3.8, 4) is 0 Å². The summed E-state index contributed by atoms with van der Waals surface area (Å²) in [7, 11) is 0. The van der Waals surface area contributed by atoms with Crippen molar-refractivity contribution in [1.29, 1.82) is 0 Å². The van der Waals surface area contributed by atoms with Crippen LogP contribution >= 0.6 is 46.5 Å². The van der Waals surface area contributed by atoms with Crippen LogP contribution in [0.1, 0.15) is 23.1 Å². The Kier molecular flexibility index (Phi) is 4.84. The maximum absolute atomic E-state index is 12.3. The Hall–Kier alpha value is -0.620. The molecule has 3 nitrogen and oxygen atoms in total. The zero-order valence-corrected chi connectivity index (χ0v) is 13.3. The molecular formula is C12H10Cl2N2OS2. The molecule has 100 valence electrons. The molecule has 0 amide bonds. The van der Waals surface area contributed by atoms with Crippen molar-refractivity contribution in [1.82, 2.24) is 9.36 Å². The number of halogens is 2. The summed E-state index contributed by atoms with van der Waals surface area (Å²) in [5.41, 5.74) is 0.479. The van der Waals surface area contributed by atoms with Gasteiger partial charge in [-0.05, 0) is 43.6 Å². The third-order valence-electron chi connectivity index (χ3n) is 2.35. The van der Waals surface area contributed by atoms with Crippen molar-refractivity contribution >= 4 is 52.3 Å². The number of rotatable bonds is 4. The van der Waals surface area contributed by atoms with Crippen molar-refractivity contribution in [3.63, 3.8) is 0 Å². The summed E-state index contributed by atoms with van der Waals surface area (Å²) in [5.74, 6) is 0.677. The second-order valence-corrected chi connectivity index (χ2v) is 7.04. The Morgan fingerprint density at radius 2 is 2.16 bits per heavy atom. The first-order chi connectivity index (χ1) is 8.97. The second kappa shape index (κ2) is 6.22. The van der Waals surface area contributed by atoms with Crippen LogP contribution in [0.3, 0.4) is 0 Å². The fourth-order valence-electron chi connectivity index (χ4n) is 1.44. The van der Waals surface area contributed by atoms with E-state index in [2.05, 4.69) is 9.36 Å². The van der Waals surface area contributed by atoms with E-state index in [4.69, 9.17) is 23.2 Å². The summed E-state index contributed by atoms with van der Waals surface area (Å²) in [4.78, 5) is 16.5. The van der Waals surface area contributed by atoms with Crippen molar-refractivity contribution in [3.05, 3.63) is 39.6 Å². The second-order valence-electron chi connectivity index (χ2n) is 3.86. The molecule has 1 aromatic heterocycles. The highest BCUT2D eigenvalue weighted by Crippen LogP contribution is 2.29. The predicted octanol–water partition coefficient (Wildman–Crippen LogP) is 4.52. The molecular weight excluding hydrogens is 323 g/mol. The quantitative estimate of drug-likeness (QED) is 0.610. The summed E-state index contributed by atoms with van der Waals surface area (Å²) >= 11 is 14.5. The van der Waals surface area contributed by atoms with Crippen LogP contribution in [0.4, 0.5) is 0 Å². The zero-order chi connectivity index (χ0) is 14.0. The number of carbonyl (C=O) groups excluding carboxylic acids is 1. The van der Waals surface area contributed by atoms with Crippen LogP contribution in [-0.4, -0.2) is 20.4 Å². The van der Waals surface area contributed by atoms with Gasteiger partial charge in [0.25, 0.3) is 0 Å². The zero-order valence-electron chi connectivity index (χ0n) is 10.2. The topological polar surface area (TPSA) is 42.9 Å². The normalized spacial score (nSPS) is 12.4. The number of nitrogens with zero attached hydrogens (tertiary/aromatic N) is 2. The van der Waals surface area contributed by atoms with Gasteiger partial charge in [-0.2, -0.15) is 4.37 Å². The van der Waals surface area contributed by atoms with Gasteiger partial charge < -0.3 is 0 Å². The molecule has 1 aromatic carbocycles. The highest BCUT2D eigenvalue weighted by molar-refractivity contribution is 8.02. The SMILES string of the molecule is Cc1nsc(SC(C)C(=O)c2ccc(Cl)cc2Cl)n1. The molecule has 1 heterocycles. The number of thioether (sulfide) groups is 1. The lowest BCUT2D eigenvalue weighted by atomic mass is 10.1. The molecule has 0 aliphatic heterocycles. The summed E-state index contributed by atoms with van der Waals surface area (Å²) in [6.07, 6.45) is 0. The van der Waals surface area contributed by atoms with E-state index in [1.807, 2.05) is 13.8 Å². The van der Waals surface area contributed by atoms with Crippen LogP contribution in [-0.2, 0) is 0 Å².